The summed E-state index contributed by atoms with van der Waals surface area (Å²) in [5.74, 6) is -0.0600. The zero-order valence-corrected chi connectivity index (χ0v) is 12.8. The van der Waals surface area contributed by atoms with Gasteiger partial charge in [-0.1, -0.05) is 53.7 Å². The van der Waals surface area contributed by atoms with Crippen molar-refractivity contribution in [2.24, 2.45) is 5.16 Å². The Morgan fingerprint density at radius 3 is 2.57 bits per heavy atom. The summed E-state index contributed by atoms with van der Waals surface area (Å²) in [6.45, 7) is 1.78. The van der Waals surface area contributed by atoms with E-state index in [2.05, 4.69) is 5.16 Å². The summed E-state index contributed by atoms with van der Waals surface area (Å²) in [6, 6.07) is 16.1. The van der Waals surface area contributed by atoms with Crippen molar-refractivity contribution in [3.8, 4) is 0 Å². The van der Waals surface area contributed by atoms with Gasteiger partial charge in [0, 0.05) is 12.0 Å². The van der Waals surface area contributed by atoms with Gasteiger partial charge in [0.2, 0.25) is 6.10 Å². The van der Waals surface area contributed by atoms with Gasteiger partial charge >= 0.3 is 0 Å². The first-order chi connectivity index (χ1) is 11.1. The molecule has 0 radical (unpaired) electrons. The fraction of sp³-hybridized carbons (Fsp3) is 0.222. The lowest BCUT2D eigenvalue weighted by molar-refractivity contribution is -0.142. The summed E-state index contributed by atoms with van der Waals surface area (Å²) in [6.07, 6.45) is -0.213. The Morgan fingerprint density at radius 2 is 1.83 bits per heavy atom. The number of oxime groups is 1. The Bertz CT molecular complexity index is 731. The summed E-state index contributed by atoms with van der Waals surface area (Å²) in [5, 5.41) is 4.06. The molecule has 1 amide bonds. The largest absolute Gasteiger partial charge is 0.381 e. The van der Waals surface area contributed by atoms with Crippen LogP contribution in [-0.4, -0.2) is 22.7 Å². The van der Waals surface area contributed by atoms with Gasteiger partial charge in [0.05, 0.1) is 6.54 Å². The lowest BCUT2D eigenvalue weighted by Crippen LogP contribution is -2.46. The fourth-order valence-corrected chi connectivity index (χ4v) is 2.45. The molecule has 0 aliphatic carbocycles. The summed E-state index contributed by atoms with van der Waals surface area (Å²) in [7, 11) is 0. The van der Waals surface area contributed by atoms with E-state index in [1.807, 2.05) is 30.3 Å². The van der Waals surface area contributed by atoms with Gasteiger partial charge < -0.3 is 4.84 Å². The van der Waals surface area contributed by atoms with E-state index in [1.54, 1.807) is 25.1 Å². The van der Waals surface area contributed by atoms with E-state index in [-0.39, 0.29) is 18.3 Å². The van der Waals surface area contributed by atoms with Crippen LogP contribution in [0.3, 0.4) is 0 Å². The number of rotatable bonds is 4. The van der Waals surface area contributed by atoms with E-state index in [0.29, 0.717) is 17.8 Å². The van der Waals surface area contributed by atoms with E-state index in [0.717, 1.165) is 5.56 Å². The zero-order chi connectivity index (χ0) is 16.2. The Morgan fingerprint density at radius 1 is 1.13 bits per heavy atom. The van der Waals surface area contributed by atoms with Gasteiger partial charge in [-0.15, -0.1) is 0 Å². The van der Waals surface area contributed by atoms with Crippen molar-refractivity contribution < 1.29 is 14.0 Å². The van der Waals surface area contributed by atoms with Gasteiger partial charge in [-0.2, -0.15) is 0 Å². The predicted molar refractivity (Wildman–Crippen MR) is 85.1 cm³/mol. The maximum atomic E-state index is 13.9. The lowest BCUT2D eigenvalue weighted by atomic mass is 10.1. The molecule has 0 N–H and O–H groups in total. The second kappa shape index (κ2) is 6.60. The average molecular weight is 312 g/mol. The normalized spacial score (nSPS) is 17.7. The molecular weight excluding hydrogens is 295 g/mol. The van der Waals surface area contributed by atoms with Crippen molar-refractivity contribution >= 4 is 11.7 Å². The number of amidine groups is 1. The second-order valence-corrected chi connectivity index (χ2v) is 5.43. The van der Waals surface area contributed by atoms with Crippen LogP contribution in [0, 0.1) is 5.82 Å². The highest BCUT2D eigenvalue weighted by molar-refractivity contribution is 6.01. The topological polar surface area (TPSA) is 41.9 Å². The van der Waals surface area contributed by atoms with Crippen LogP contribution in [0.25, 0.3) is 0 Å². The molecule has 1 unspecified atom stereocenters. The number of amides is 1. The molecule has 1 aliphatic rings. The molecule has 23 heavy (non-hydrogen) atoms. The van der Waals surface area contributed by atoms with Gasteiger partial charge in [0.15, 0.2) is 5.84 Å². The third kappa shape index (κ3) is 3.39. The highest BCUT2D eigenvalue weighted by atomic mass is 19.1. The minimum atomic E-state index is -0.665. The minimum Gasteiger partial charge on any atom is -0.381 e. The second-order valence-electron chi connectivity index (χ2n) is 5.43. The predicted octanol–water partition coefficient (Wildman–Crippen LogP) is 3.13. The highest BCUT2D eigenvalue weighted by Crippen LogP contribution is 2.18. The van der Waals surface area contributed by atoms with Crippen LogP contribution in [0.15, 0.2) is 59.8 Å². The lowest BCUT2D eigenvalue weighted by Gasteiger charge is -2.30. The van der Waals surface area contributed by atoms with E-state index < -0.39 is 6.10 Å². The first-order valence-electron chi connectivity index (χ1n) is 7.46. The number of carbonyl (C=O) groups excluding carboxylic acids is 1. The molecular formula is C18H17FN2O2. The molecule has 0 bridgehead atoms. The third-order valence-electron chi connectivity index (χ3n) is 3.73. The molecule has 0 aromatic heterocycles. The molecule has 1 heterocycles. The van der Waals surface area contributed by atoms with Crippen molar-refractivity contribution in [1.82, 2.24) is 4.90 Å². The first kappa shape index (κ1) is 15.2. The van der Waals surface area contributed by atoms with Crippen LogP contribution >= 0.6 is 0 Å². The molecule has 118 valence electrons. The van der Waals surface area contributed by atoms with Crippen LogP contribution in [-0.2, 0) is 22.6 Å². The maximum Gasteiger partial charge on any atom is 0.271 e. The van der Waals surface area contributed by atoms with Gasteiger partial charge in [0.25, 0.3) is 5.91 Å². The van der Waals surface area contributed by atoms with Crippen LogP contribution in [0.1, 0.15) is 18.1 Å². The highest BCUT2D eigenvalue weighted by Gasteiger charge is 2.31. The van der Waals surface area contributed by atoms with Gasteiger partial charge in [-0.25, -0.2) is 4.39 Å². The quantitative estimate of drug-likeness (QED) is 0.870. The van der Waals surface area contributed by atoms with Crippen LogP contribution < -0.4 is 0 Å². The molecule has 5 heteroatoms. The molecule has 2 aromatic carbocycles. The Balaban J connectivity index is 1.87. The summed E-state index contributed by atoms with van der Waals surface area (Å²) in [4.78, 5) is 19.1. The number of benzene rings is 2. The maximum absolute atomic E-state index is 13.9. The van der Waals surface area contributed by atoms with Gasteiger partial charge in [0.1, 0.15) is 5.82 Å². The van der Waals surface area contributed by atoms with Gasteiger partial charge in [-0.05, 0) is 18.6 Å². The Kier molecular flexibility index (Phi) is 4.37. The number of nitrogens with zero attached hydrogens (tertiary/aromatic N) is 2. The smallest absolute Gasteiger partial charge is 0.271 e. The third-order valence-corrected chi connectivity index (χ3v) is 3.73. The van der Waals surface area contributed by atoms with E-state index in [9.17, 15) is 9.18 Å². The van der Waals surface area contributed by atoms with Crippen molar-refractivity contribution in [3.05, 3.63) is 71.5 Å². The molecule has 1 aliphatic heterocycles. The SMILES string of the molecule is CC1ON=C(Cc2ccccc2)N(Cc2ccccc2F)C1=O. The number of halogens is 1. The fourth-order valence-electron chi connectivity index (χ4n) is 2.45. The molecule has 0 saturated heterocycles. The van der Waals surface area contributed by atoms with E-state index >= 15 is 0 Å². The van der Waals surface area contributed by atoms with Gasteiger partial charge in [-0.3, -0.25) is 9.69 Å². The summed E-state index contributed by atoms with van der Waals surface area (Å²) in [5.41, 5.74) is 1.46. The molecule has 0 fully saturated rings. The van der Waals surface area contributed by atoms with E-state index in [1.165, 1.54) is 11.0 Å². The van der Waals surface area contributed by atoms with Crippen molar-refractivity contribution in [2.75, 3.05) is 0 Å². The van der Waals surface area contributed by atoms with Crippen molar-refractivity contribution in [3.63, 3.8) is 0 Å². The Labute approximate surface area is 134 Å². The molecule has 4 nitrogen and oxygen atoms in total. The summed E-state index contributed by atoms with van der Waals surface area (Å²) >= 11 is 0. The minimum absolute atomic E-state index is 0.144. The summed E-state index contributed by atoms with van der Waals surface area (Å²) < 4.78 is 13.9. The Hall–Kier alpha value is -2.69. The molecule has 0 spiro atoms. The van der Waals surface area contributed by atoms with Crippen LogP contribution in [0.5, 0.6) is 0 Å². The first-order valence-corrected chi connectivity index (χ1v) is 7.46. The molecule has 3 rings (SSSR count). The van der Waals surface area contributed by atoms with Crippen molar-refractivity contribution in [2.45, 2.75) is 26.0 Å². The molecule has 1 atom stereocenters. The molecule has 2 aromatic rings. The standard InChI is InChI=1S/C18H17FN2O2/c1-13-18(22)21(12-15-9-5-6-10-16(15)19)17(20-23-13)11-14-7-3-2-4-8-14/h2-10,13H,11-12H2,1H3. The number of carbonyl (C=O) groups is 1. The average Bonchev–Trinajstić information content (AvgIpc) is 2.57. The van der Waals surface area contributed by atoms with E-state index in [4.69, 9.17) is 4.84 Å². The number of hydrogen-bond donors (Lipinski definition) is 0. The van der Waals surface area contributed by atoms with Crippen LogP contribution in [0.2, 0.25) is 0 Å². The van der Waals surface area contributed by atoms with Crippen molar-refractivity contribution in [1.29, 1.82) is 0 Å². The molecule has 0 saturated carbocycles. The monoisotopic (exact) mass is 312 g/mol. The zero-order valence-electron chi connectivity index (χ0n) is 12.8. The van der Waals surface area contributed by atoms with Crippen LogP contribution in [0.4, 0.5) is 4.39 Å². The number of hydrogen-bond acceptors (Lipinski definition) is 3.